The Morgan fingerprint density at radius 3 is 2.71 bits per heavy atom. The summed E-state index contributed by atoms with van der Waals surface area (Å²) in [6.45, 7) is 11.9. The fourth-order valence-corrected chi connectivity index (χ4v) is 2.75. The van der Waals surface area contributed by atoms with Gasteiger partial charge >= 0.3 is 0 Å². The summed E-state index contributed by atoms with van der Waals surface area (Å²) in [6.07, 6.45) is 1.18. The van der Waals surface area contributed by atoms with Gasteiger partial charge in [-0.15, -0.1) is 11.3 Å². The van der Waals surface area contributed by atoms with E-state index in [0.717, 1.165) is 24.8 Å². The Morgan fingerprint density at radius 2 is 2.12 bits per heavy atom. The molecule has 0 unspecified atom stereocenters. The van der Waals surface area contributed by atoms with E-state index in [4.69, 9.17) is 0 Å². The molecule has 0 radical (unpaired) electrons. The van der Waals surface area contributed by atoms with E-state index < -0.39 is 0 Å². The van der Waals surface area contributed by atoms with E-state index in [1.165, 1.54) is 17.0 Å². The second kappa shape index (κ2) is 6.97. The highest BCUT2D eigenvalue weighted by atomic mass is 32.1. The Labute approximate surface area is 109 Å². The van der Waals surface area contributed by atoms with Crippen molar-refractivity contribution in [1.29, 1.82) is 0 Å². The van der Waals surface area contributed by atoms with Crippen LogP contribution in [0.3, 0.4) is 0 Å². The van der Waals surface area contributed by atoms with Gasteiger partial charge in [0.05, 0.1) is 5.69 Å². The summed E-state index contributed by atoms with van der Waals surface area (Å²) in [5.41, 5.74) is 1.17. The molecule has 3 nitrogen and oxygen atoms in total. The average Bonchev–Trinajstić information content (AvgIpc) is 2.60. The average molecular weight is 255 g/mol. The standard InChI is InChI=1S/C13H25N3S/c1-6-7-14-8-12-11(4)15-13(17-12)16(5)9-10(2)3/h10,14H,6-9H2,1-5H3. The molecule has 4 heteroatoms. The summed E-state index contributed by atoms with van der Waals surface area (Å²) in [7, 11) is 2.13. The van der Waals surface area contributed by atoms with Crippen LogP contribution in [0.5, 0.6) is 0 Å². The molecule has 1 heterocycles. The summed E-state index contributed by atoms with van der Waals surface area (Å²) in [6, 6.07) is 0. The van der Waals surface area contributed by atoms with Gasteiger partial charge in [-0.3, -0.25) is 0 Å². The first-order valence-corrected chi connectivity index (χ1v) is 7.24. The van der Waals surface area contributed by atoms with Crippen LogP contribution < -0.4 is 10.2 Å². The second-order valence-corrected chi connectivity index (χ2v) is 6.02. The van der Waals surface area contributed by atoms with Crippen molar-refractivity contribution in [2.75, 3.05) is 25.0 Å². The Balaban J connectivity index is 2.60. The van der Waals surface area contributed by atoms with E-state index in [-0.39, 0.29) is 0 Å². The van der Waals surface area contributed by atoms with Gasteiger partial charge in [0.1, 0.15) is 0 Å². The minimum Gasteiger partial charge on any atom is -0.351 e. The van der Waals surface area contributed by atoms with Gasteiger partial charge in [-0.25, -0.2) is 4.98 Å². The molecule has 0 aliphatic carbocycles. The van der Waals surface area contributed by atoms with Gasteiger partial charge in [0.2, 0.25) is 0 Å². The van der Waals surface area contributed by atoms with Crippen LogP contribution in [0.25, 0.3) is 0 Å². The van der Waals surface area contributed by atoms with E-state index in [0.29, 0.717) is 5.92 Å². The second-order valence-electron chi connectivity index (χ2n) is 4.96. The third-order valence-corrected chi connectivity index (χ3v) is 3.83. The molecule has 0 spiro atoms. The molecule has 1 aromatic rings. The first kappa shape index (κ1) is 14.5. The molecule has 0 saturated carbocycles. The number of nitrogens with one attached hydrogen (secondary N) is 1. The molecule has 0 fully saturated rings. The van der Waals surface area contributed by atoms with Crippen LogP contribution in [0.1, 0.15) is 37.8 Å². The Morgan fingerprint density at radius 1 is 1.41 bits per heavy atom. The summed E-state index contributed by atoms with van der Waals surface area (Å²) in [5.74, 6) is 0.672. The summed E-state index contributed by atoms with van der Waals surface area (Å²) >= 11 is 1.81. The smallest absolute Gasteiger partial charge is 0.185 e. The minimum atomic E-state index is 0.672. The van der Waals surface area contributed by atoms with Crippen molar-refractivity contribution in [3.8, 4) is 0 Å². The van der Waals surface area contributed by atoms with E-state index in [9.17, 15) is 0 Å². The van der Waals surface area contributed by atoms with Gasteiger partial charge in [-0.2, -0.15) is 0 Å². The Hall–Kier alpha value is -0.610. The van der Waals surface area contributed by atoms with Crippen LogP contribution in [-0.4, -0.2) is 25.1 Å². The molecule has 0 saturated heterocycles. The molecule has 0 amide bonds. The van der Waals surface area contributed by atoms with Crippen molar-refractivity contribution >= 4 is 16.5 Å². The highest BCUT2D eigenvalue weighted by Crippen LogP contribution is 2.25. The number of thiazole rings is 1. The van der Waals surface area contributed by atoms with Crippen molar-refractivity contribution in [1.82, 2.24) is 10.3 Å². The lowest BCUT2D eigenvalue weighted by molar-refractivity contribution is 0.637. The van der Waals surface area contributed by atoms with Crippen LogP contribution in [0.4, 0.5) is 5.13 Å². The minimum absolute atomic E-state index is 0.672. The van der Waals surface area contributed by atoms with Gasteiger partial charge in [0, 0.05) is 25.0 Å². The lowest BCUT2D eigenvalue weighted by Gasteiger charge is -2.17. The Bertz CT molecular complexity index is 333. The zero-order chi connectivity index (χ0) is 12.8. The molecular weight excluding hydrogens is 230 g/mol. The third-order valence-electron chi connectivity index (χ3n) is 2.56. The van der Waals surface area contributed by atoms with E-state index >= 15 is 0 Å². The molecule has 0 atom stereocenters. The van der Waals surface area contributed by atoms with E-state index in [2.05, 4.69) is 49.9 Å². The molecule has 1 rings (SSSR count). The summed E-state index contributed by atoms with van der Waals surface area (Å²) < 4.78 is 0. The molecule has 0 aromatic carbocycles. The van der Waals surface area contributed by atoms with Crippen molar-refractivity contribution in [2.24, 2.45) is 5.92 Å². The maximum Gasteiger partial charge on any atom is 0.185 e. The molecule has 17 heavy (non-hydrogen) atoms. The largest absolute Gasteiger partial charge is 0.351 e. The van der Waals surface area contributed by atoms with Gasteiger partial charge in [-0.1, -0.05) is 20.8 Å². The first-order chi connectivity index (χ1) is 8.04. The quantitative estimate of drug-likeness (QED) is 0.759. The van der Waals surface area contributed by atoms with E-state index in [1.54, 1.807) is 0 Å². The number of aryl methyl sites for hydroxylation is 1. The normalized spacial score (nSPS) is 11.2. The number of anilines is 1. The highest BCUT2D eigenvalue weighted by molar-refractivity contribution is 7.15. The van der Waals surface area contributed by atoms with Crippen LogP contribution in [0.2, 0.25) is 0 Å². The van der Waals surface area contributed by atoms with Crippen LogP contribution >= 0.6 is 11.3 Å². The molecule has 1 N–H and O–H groups in total. The number of nitrogens with zero attached hydrogens (tertiary/aromatic N) is 2. The lowest BCUT2D eigenvalue weighted by Crippen LogP contribution is -2.22. The van der Waals surface area contributed by atoms with Crippen LogP contribution in [0, 0.1) is 12.8 Å². The monoisotopic (exact) mass is 255 g/mol. The third kappa shape index (κ3) is 4.64. The van der Waals surface area contributed by atoms with Crippen molar-refractivity contribution in [2.45, 2.75) is 40.7 Å². The fourth-order valence-electron chi connectivity index (χ4n) is 1.74. The topological polar surface area (TPSA) is 28.2 Å². The number of rotatable bonds is 7. The van der Waals surface area contributed by atoms with Crippen molar-refractivity contribution in [3.63, 3.8) is 0 Å². The first-order valence-electron chi connectivity index (χ1n) is 6.42. The molecular formula is C13H25N3S. The molecule has 98 valence electrons. The SMILES string of the molecule is CCCNCc1sc(N(C)CC(C)C)nc1C. The molecule has 0 aliphatic heterocycles. The number of aromatic nitrogens is 1. The summed E-state index contributed by atoms with van der Waals surface area (Å²) in [5, 5.41) is 4.58. The lowest BCUT2D eigenvalue weighted by atomic mass is 10.2. The molecule has 0 aliphatic rings. The predicted octanol–water partition coefficient (Wildman–Crippen LogP) is 3.04. The number of hydrogen-bond donors (Lipinski definition) is 1. The van der Waals surface area contributed by atoms with Gasteiger partial charge < -0.3 is 10.2 Å². The zero-order valence-electron chi connectivity index (χ0n) is 11.7. The maximum absolute atomic E-state index is 4.65. The van der Waals surface area contributed by atoms with E-state index in [1.807, 2.05) is 11.3 Å². The molecule has 0 bridgehead atoms. The zero-order valence-corrected chi connectivity index (χ0v) is 12.5. The number of hydrogen-bond acceptors (Lipinski definition) is 4. The van der Waals surface area contributed by atoms with Gasteiger partial charge in [-0.05, 0) is 25.8 Å². The Kier molecular flexibility index (Phi) is 5.92. The highest BCUT2D eigenvalue weighted by Gasteiger charge is 2.11. The van der Waals surface area contributed by atoms with Gasteiger partial charge in [0.25, 0.3) is 0 Å². The van der Waals surface area contributed by atoms with Crippen molar-refractivity contribution in [3.05, 3.63) is 10.6 Å². The molecule has 1 aromatic heterocycles. The maximum atomic E-state index is 4.65. The van der Waals surface area contributed by atoms with Crippen LogP contribution in [-0.2, 0) is 6.54 Å². The van der Waals surface area contributed by atoms with Crippen LogP contribution in [0.15, 0.2) is 0 Å². The van der Waals surface area contributed by atoms with Gasteiger partial charge in [0.15, 0.2) is 5.13 Å². The van der Waals surface area contributed by atoms with Crippen molar-refractivity contribution < 1.29 is 0 Å². The summed E-state index contributed by atoms with van der Waals surface area (Å²) in [4.78, 5) is 8.27. The predicted molar refractivity (Wildman–Crippen MR) is 77.0 cm³/mol. The fraction of sp³-hybridized carbons (Fsp3) is 0.769.